The van der Waals surface area contributed by atoms with Crippen molar-refractivity contribution < 1.29 is 9.47 Å². The molecular weight excluding hydrogens is 246 g/mol. The van der Waals surface area contributed by atoms with Crippen molar-refractivity contribution in [3.8, 4) is 0 Å². The number of hydrogen-bond acceptors (Lipinski definition) is 7. The number of aromatic nitrogens is 2. The van der Waals surface area contributed by atoms with E-state index in [4.69, 9.17) is 15.3 Å². The van der Waals surface area contributed by atoms with Crippen LogP contribution in [0.1, 0.15) is 25.6 Å². The minimum atomic E-state index is 0.214. The first kappa shape index (κ1) is 15.6. The van der Waals surface area contributed by atoms with Crippen molar-refractivity contribution in [2.45, 2.75) is 32.4 Å². The van der Waals surface area contributed by atoms with Gasteiger partial charge in [0.05, 0.1) is 12.6 Å². The fraction of sp³-hybridized carbons (Fsp3) is 0.667. The molecule has 1 unspecified atom stereocenters. The Balaban J connectivity index is 2.81. The van der Waals surface area contributed by atoms with Crippen molar-refractivity contribution in [1.29, 1.82) is 0 Å². The molecule has 0 radical (unpaired) electrons. The van der Waals surface area contributed by atoms with Gasteiger partial charge in [-0.25, -0.2) is 15.8 Å². The van der Waals surface area contributed by atoms with Crippen LogP contribution < -0.4 is 16.6 Å². The summed E-state index contributed by atoms with van der Waals surface area (Å²) in [7, 11) is 3.29. The van der Waals surface area contributed by atoms with Gasteiger partial charge in [0.25, 0.3) is 0 Å². The van der Waals surface area contributed by atoms with Crippen LogP contribution in [0.25, 0.3) is 0 Å². The number of hydrogen-bond donors (Lipinski definition) is 3. The quantitative estimate of drug-likeness (QED) is 0.457. The summed E-state index contributed by atoms with van der Waals surface area (Å²) in [5.41, 5.74) is 2.53. The summed E-state index contributed by atoms with van der Waals surface area (Å²) in [5.74, 6) is 7.24. The summed E-state index contributed by atoms with van der Waals surface area (Å²) in [4.78, 5) is 8.57. The van der Waals surface area contributed by atoms with E-state index >= 15 is 0 Å². The lowest BCUT2D eigenvalue weighted by Crippen LogP contribution is -2.25. The van der Waals surface area contributed by atoms with Crippen LogP contribution in [0, 0.1) is 0 Å². The summed E-state index contributed by atoms with van der Waals surface area (Å²) in [6.45, 7) is 3.10. The summed E-state index contributed by atoms with van der Waals surface area (Å²) in [6.07, 6.45) is 2.07. The molecule has 1 rings (SSSR count). The molecule has 0 spiro atoms. The fourth-order valence-electron chi connectivity index (χ4n) is 1.79. The van der Waals surface area contributed by atoms with E-state index in [9.17, 15) is 0 Å². The average molecular weight is 269 g/mol. The normalized spacial score (nSPS) is 12.2. The Morgan fingerprint density at radius 1 is 1.26 bits per heavy atom. The third-order valence-electron chi connectivity index (χ3n) is 2.55. The molecule has 0 aromatic carbocycles. The molecule has 1 heterocycles. The second-order valence-electron chi connectivity index (χ2n) is 4.22. The van der Waals surface area contributed by atoms with E-state index in [-0.39, 0.29) is 6.04 Å². The molecule has 0 amide bonds. The molecule has 0 aliphatic rings. The lowest BCUT2D eigenvalue weighted by molar-refractivity contribution is 0.177. The minimum Gasteiger partial charge on any atom is -0.383 e. The maximum atomic E-state index is 5.40. The van der Waals surface area contributed by atoms with Crippen molar-refractivity contribution in [1.82, 2.24) is 9.97 Å². The van der Waals surface area contributed by atoms with Crippen LogP contribution in [0.15, 0.2) is 6.07 Å². The maximum absolute atomic E-state index is 5.40. The van der Waals surface area contributed by atoms with Crippen molar-refractivity contribution in [3.05, 3.63) is 11.9 Å². The Bertz CT molecular complexity index is 369. The number of ether oxygens (including phenoxy) is 2. The molecule has 1 aromatic rings. The Kier molecular flexibility index (Phi) is 7.09. The molecule has 0 aliphatic heterocycles. The summed E-state index contributed by atoms with van der Waals surface area (Å²) in [5, 5.41) is 3.33. The van der Waals surface area contributed by atoms with E-state index in [1.165, 1.54) is 0 Å². The van der Waals surface area contributed by atoms with Crippen LogP contribution in [0.2, 0.25) is 0 Å². The molecule has 0 aliphatic carbocycles. The third kappa shape index (κ3) is 5.37. The maximum Gasteiger partial charge on any atom is 0.158 e. The zero-order valence-corrected chi connectivity index (χ0v) is 11.8. The second kappa shape index (κ2) is 8.63. The monoisotopic (exact) mass is 269 g/mol. The largest absolute Gasteiger partial charge is 0.383 e. The van der Waals surface area contributed by atoms with Gasteiger partial charge >= 0.3 is 0 Å². The standard InChI is InChI=1S/C12H23N5O2/c1-4-5-9(7-18-2)14-10-6-11(17-13)16-12(15-10)8-19-3/h6,9H,4-5,7-8,13H2,1-3H3,(H2,14,15,16,17). The Hall–Kier alpha value is -1.44. The molecular formula is C12H23N5O2. The number of rotatable bonds is 9. The molecule has 0 saturated carbocycles. The van der Waals surface area contributed by atoms with Gasteiger partial charge in [-0.3, -0.25) is 0 Å². The van der Waals surface area contributed by atoms with Crippen LogP contribution in [-0.2, 0) is 16.1 Å². The van der Waals surface area contributed by atoms with Crippen LogP contribution in [0.5, 0.6) is 0 Å². The Labute approximate surface area is 113 Å². The lowest BCUT2D eigenvalue weighted by Gasteiger charge is -2.18. The van der Waals surface area contributed by atoms with Crippen molar-refractivity contribution in [2.24, 2.45) is 5.84 Å². The highest BCUT2D eigenvalue weighted by atomic mass is 16.5. The zero-order chi connectivity index (χ0) is 14.1. The first-order valence-electron chi connectivity index (χ1n) is 6.32. The van der Waals surface area contributed by atoms with Crippen LogP contribution >= 0.6 is 0 Å². The highest BCUT2D eigenvalue weighted by Crippen LogP contribution is 2.13. The molecule has 0 bridgehead atoms. The number of hydrazine groups is 1. The van der Waals surface area contributed by atoms with Gasteiger partial charge in [-0.1, -0.05) is 13.3 Å². The SMILES string of the molecule is CCCC(COC)Nc1cc(NN)nc(COC)n1. The molecule has 19 heavy (non-hydrogen) atoms. The van der Waals surface area contributed by atoms with Crippen LogP contribution in [-0.4, -0.2) is 36.8 Å². The first-order valence-corrected chi connectivity index (χ1v) is 6.32. The van der Waals surface area contributed by atoms with Gasteiger partial charge in [0.1, 0.15) is 18.2 Å². The van der Waals surface area contributed by atoms with Gasteiger partial charge in [0.15, 0.2) is 5.82 Å². The first-order chi connectivity index (χ1) is 9.23. The summed E-state index contributed by atoms with van der Waals surface area (Å²) < 4.78 is 10.2. The van der Waals surface area contributed by atoms with E-state index in [0.717, 1.165) is 12.8 Å². The molecule has 4 N–H and O–H groups in total. The predicted molar refractivity (Wildman–Crippen MR) is 74.7 cm³/mol. The van der Waals surface area contributed by atoms with Gasteiger partial charge in [0.2, 0.25) is 0 Å². The Morgan fingerprint density at radius 3 is 2.58 bits per heavy atom. The van der Waals surface area contributed by atoms with Crippen LogP contribution in [0.3, 0.4) is 0 Å². The van der Waals surface area contributed by atoms with Gasteiger partial charge < -0.3 is 20.2 Å². The number of anilines is 2. The molecule has 7 nitrogen and oxygen atoms in total. The van der Waals surface area contributed by atoms with Gasteiger partial charge in [-0.2, -0.15) is 0 Å². The molecule has 0 saturated heterocycles. The average Bonchev–Trinajstić information content (AvgIpc) is 2.39. The van der Waals surface area contributed by atoms with Crippen molar-refractivity contribution in [2.75, 3.05) is 31.6 Å². The number of nitrogens with one attached hydrogen (secondary N) is 2. The predicted octanol–water partition coefficient (Wildman–Crippen LogP) is 1.14. The fourth-order valence-corrected chi connectivity index (χ4v) is 1.79. The minimum absolute atomic E-state index is 0.214. The number of methoxy groups -OCH3 is 2. The van der Waals surface area contributed by atoms with E-state index in [2.05, 4.69) is 27.6 Å². The van der Waals surface area contributed by atoms with Crippen molar-refractivity contribution in [3.63, 3.8) is 0 Å². The number of nitrogens with zero attached hydrogens (tertiary/aromatic N) is 2. The molecule has 1 aromatic heterocycles. The highest BCUT2D eigenvalue weighted by Gasteiger charge is 2.10. The lowest BCUT2D eigenvalue weighted by atomic mass is 10.2. The Morgan fingerprint density at radius 2 is 2.00 bits per heavy atom. The van der Waals surface area contributed by atoms with Crippen LogP contribution in [0.4, 0.5) is 11.6 Å². The summed E-state index contributed by atoms with van der Waals surface area (Å²) >= 11 is 0. The third-order valence-corrected chi connectivity index (χ3v) is 2.55. The molecule has 108 valence electrons. The van der Waals surface area contributed by atoms with E-state index in [1.807, 2.05) is 0 Å². The molecule has 7 heteroatoms. The number of nitrogens with two attached hydrogens (primary N) is 1. The smallest absolute Gasteiger partial charge is 0.158 e. The van der Waals surface area contributed by atoms with E-state index in [0.29, 0.717) is 30.7 Å². The molecule has 1 atom stereocenters. The van der Waals surface area contributed by atoms with Gasteiger partial charge in [-0.15, -0.1) is 0 Å². The topological polar surface area (TPSA) is 94.3 Å². The highest BCUT2D eigenvalue weighted by molar-refractivity contribution is 5.47. The molecule has 0 fully saturated rings. The van der Waals surface area contributed by atoms with Gasteiger partial charge in [-0.05, 0) is 6.42 Å². The van der Waals surface area contributed by atoms with Gasteiger partial charge in [0, 0.05) is 20.3 Å². The van der Waals surface area contributed by atoms with Crippen molar-refractivity contribution >= 4 is 11.6 Å². The van der Waals surface area contributed by atoms with E-state index in [1.54, 1.807) is 20.3 Å². The summed E-state index contributed by atoms with van der Waals surface area (Å²) in [6, 6.07) is 1.98. The number of nitrogen functional groups attached to an aromatic ring is 1. The van der Waals surface area contributed by atoms with E-state index < -0.39 is 0 Å². The second-order valence-corrected chi connectivity index (χ2v) is 4.22. The zero-order valence-electron chi connectivity index (χ0n) is 11.8.